The van der Waals surface area contributed by atoms with Gasteiger partial charge in [-0.15, -0.1) is 11.3 Å². The van der Waals surface area contributed by atoms with Gasteiger partial charge < -0.3 is 9.15 Å². The highest BCUT2D eigenvalue weighted by molar-refractivity contribution is 7.99. The van der Waals surface area contributed by atoms with Crippen molar-refractivity contribution in [2.24, 2.45) is 0 Å². The first-order valence-corrected chi connectivity index (χ1v) is 11.1. The smallest absolute Gasteiger partial charge is 0.374 e. The lowest BCUT2D eigenvalue weighted by molar-refractivity contribution is 0.0559. The van der Waals surface area contributed by atoms with Crippen LogP contribution in [0.25, 0.3) is 10.2 Å². The summed E-state index contributed by atoms with van der Waals surface area (Å²) in [6, 6.07) is 7.05. The first-order valence-electron chi connectivity index (χ1n) is 9.06. The Morgan fingerprint density at radius 2 is 2.11 bits per heavy atom. The van der Waals surface area contributed by atoms with Gasteiger partial charge in [0.1, 0.15) is 0 Å². The first-order chi connectivity index (χ1) is 13.5. The molecule has 0 spiro atoms. The van der Waals surface area contributed by atoms with E-state index < -0.39 is 5.97 Å². The average molecular weight is 438 g/mol. The van der Waals surface area contributed by atoms with E-state index >= 15 is 0 Å². The maximum Gasteiger partial charge on any atom is 0.374 e. The number of thiazole rings is 1. The normalized spacial score (nSPS) is 10.9. The Morgan fingerprint density at radius 1 is 1.32 bits per heavy atom. The Kier molecular flexibility index (Phi) is 9.09. The van der Waals surface area contributed by atoms with E-state index in [1.807, 2.05) is 19.1 Å². The van der Waals surface area contributed by atoms with Crippen LogP contribution in [0.4, 0.5) is 0 Å². The number of hydrogen-bond acceptors (Lipinski definition) is 6. The van der Waals surface area contributed by atoms with Crippen molar-refractivity contribution in [1.82, 2.24) is 4.98 Å². The highest BCUT2D eigenvalue weighted by atomic mass is 35.5. The molecule has 2 aromatic heterocycles. The molecule has 0 bridgehead atoms. The number of carbonyl (C=O) groups is 1. The maximum atomic E-state index is 11.4. The van der Waals surface area contributed by atoms with Crippen LogP contribution in [0.1, 0.15) is 48.7 Å². The quantitative estimate of drug-likeness (QED) is 0.294. The third-order valence-electron chi connectivity index (χ3n) is 3.57. The van der Waals surface area contributed by atoms with Crippen molar-refractivity contribution in [2.45, 2.75) is 50.0 Å². The summed E-state index contributed by atoms with van der Waals surface area (Å²) in [5.74, 6) is -0.324. The zero-order valence-corrected chi connectivity index (χ0v) is 18.8. The highest BCUT2D eigenvalue weighted by Crippen LogP contribution is 2.38. The van der Waals surface area contributed by atoms with Gasteiger partial charge in [-0.3, -0.25) is 0 Å². The molecule has 3 rings (SSSR count). The molecule has 0 saturated heterocycles. The summed E-state index contributed by atoms with van der Waals surface area (Å²) in [5.41, 5.74) is 0.892. The Morgan fingerprint density at radius 3 is 2.79 bits per heavy atom. The van der Waals surface area contributed by atoms with Gasteiger partial charge in [0.2, 0.25) is 5.76 Å². The van der Waals surface area contributed by atoms with Crippen molar-refractivity contribution in [1.29, 1.82) is 0 Å². The van der Waals surface area contributed by atoms with E-state index in [9.17, 15) is 4.79 Å². The molecular formula is C21H24ClNO3S2. The molecule has 0 amide bonds. The summed E-state index contributed by atoms with van der Waals surface area (Å²) in [6.45, 7) is 6.31. The number of rotatable bonds is 6. The van der Waals surface area contributed by atoms with Crippen LogP contribution in [-0.2, 0) is 4.74 Å². The average Bonchev–Trinajstić information content (AvgIpc) is 3.28. The number of esters is 1. The van der Waals surface area contributed by atoms with Gasteiger partial charge >= 0.3 is 5.97 Å². The van der Waals surface area contributed by atoms with Crippen LogP contribution in [0.5, 0.6) is 0 Å². The Labute approximate surface area is 178 Å². The zero-order chi connectivity index (χ0) is 20.5. The van der Waals surface area contributed by atoms with Crippen LogP contribution in [0.15, 0.2) is 50.8 Å². The lowest BCUT2D eigenvalue weighted by Crippen LogP contribution is -1.97. The Bertz CT molecular complexity index is 946. The number of methoxy groups -OCH3 is 1. The molecule has 0 atom stereocenters. The van der Waals surface area contributed by atoms with Gasteiger partial charge in [-0.1, -0.05) is 44.0 Å². The fraction of sp³-hybridized carbons (Fsp3) is 0.333. The van der Waals surface area contributed by atoms with Gasteiger partial charge in [-0.05, 0) is 55.8 Å². The summed E-state index contributed by atoms with van der Waals surface area (Å²) >= 11 is 9.11. The van der Waals surface area contributed by atoms with E-state index in [0.717, 1.165) is 20.1 Å². The molecule has 1 aromatic carbocycles. The Balaban J connectivity index is 0.000000345. The maximum absolute atomic E-state index is 11.4. The fourth-order valence-corrected chi connectivity index (χ4v) is 4.53. The van der Waals surface area contributed by atoms with Crippen molar-refractivity contribution in [3.8, 4) is 0 Å². The number of halogens is 1. The van der Waals surface area contributed by atoms with Gasteiger partial charge in [-0.2, -0.15) is 0 Å². The number of allylic oxidation sites excluding steroid dienone is 2. The lowest BCUT2D eigenvalue weighted by Gasteiger charge is -2.01. The van der Waals surface area contributed by atoms with Gasteiger partial charge in [0.25, 0.3) is 0 Å². The largest absolute Gasteiger partial charge is 0.463 e. The van der Waals surface area contributed by atoms with Crippen LogP contribution >= 0.6 is 34.7 Å². The van der Waals surface area contributed by atoms with E-state index in [-0.39, 0.29) is 5.76 Å². The first kappa shape index (κ1) is 22.5. The molecule has 4 nitrogen and oxygen atoms in total. The Hall–Kier alpha value is -1.76. The summed E-state index contributed by atoms with van der Waals surface area (Å²) < 4.78 is 11.1. The molecule has 0 fully saturated rings. The molecule has 0 aliphatic rings. The van der Waals surface area contributed by atoms with E-state index in [0.29, 0.717) is 10.1 Å². The third kappa shape index (κ3) is 6.40. The number of carbonyl (C=O) groups excluding carboxylic acids is 1. The summed E-state index contributed by atoms with van der Waals surface area (Å²) in [7, 11) is 1.32. The van der Waals surface area contributed by atoms with E-state index in [4.69, 9.17) is 16.0 Å². The zero-order valence-electron chi connectivity index (χ0n) is 16.5. The van der Waals surface area contributed by atoms with Gasteiger partial charge in [0.05, 0.1) is 22.3 Å². The number of aryl methyl sites for hydroxylation is 1. The number of unbranched alkanes of at least 4 members (excludes halogenated alkanes) is 1. The van der Waals surface area contributed by atoms with E-state index in [2.05, 4.69) is 35.7 Å². The summed E-state index contributed by atoms with van der Waals surface area (Å²) in [4.78, 5) is 16.8. The third-order valence-corrected chi connectivity index (χ3v) is 5.66. The monoisotopic (exact) mass is 437 g/mol. The standard InChI is InChI=1S/C14H10ClNO3S2.C7H14/c1-7-16-13-10(20-7)5-8(15)6-11(13)21-12-4-3-9(19-12)14(17)18-2;1-3-5-7-6-4-2/h3-6H,1-2H3;5,7H,3-4,6H2,1-2H3/b;7-5-. The molecule has 0 N–H and O–H groups in total. The van der Waals surface area contributed by atoms with E-state index in [1.54, 1.807) is 23.5 Å². The molecule has 0 unspecified atom stereocenters. The summed E-state index contributed by atoms with van der Waals surface area (Å²) in [6.07, 6.45) is 8.15. The van der Waals surface area contributed by atoms with Crippen LogP contribution in [-0.4, -0.2) is 18.1 Å². The SMILES string of the molecule is CC/C=C\CCC.COC(=O)c1ccc(Sc2cc(Cl)cc3sc(C)nc23)o1. The van der Waals surface area contributed by atoms with Crippen LogP contribution < -0.4 is 0 Å². The molecule has 0 saturated carbocycles. The molecule has 28 heavy (non-hydrogen) atoms. The number of benzene rings is 1. The molecule has 0 aliphatic carbocycles. The van der Waals surface area contributed by atoms with Gasteiger partial charge in [0, 0.05) is 9.92 Å². The predicted octanol–water partition coefficient (Wildman–Crippen LogP) is 7.54. The minimum Gasteiger partial charge on any atom is -0.463 e. The minimum atomic E-state index is -0.498. The van der Waals surface area contributed by atoms with Crippen LogP contribution in [0.3, 0.4) is 0 Å². The van der Waals surface area contributed by atoms with Crippen LogP contribution in [0.2, 0.25) is 5.02 Å². The number of fused-ring (bicyclic) bond motifs is 1. The van der Waals surface area contributed by atoms with Crippen molar-refractivity contribution in [3.63, 3.8) is 0 Å². The number of hydrogen-bond donors (Lipinski definition) is 0. The number of ether oxygens (including phenoxy) is 1. The predicted molar refractivity (Wildman–Crippen MR) is 118 cm³/mol. The molecular weight excluding hydrogens is 414 g/mol. The molecule has 0 aliphatic heterocycles. The lowest BCUT2D eigenvalue weighted by atomic mass is 10.3. The second-order valence-electron chi connectivity index (χ2n) is 5.86. The second kappa shape index (κ2) is 11.3. The molecule has 150 valence electrons. The van der Waals surface area contributed by atoms with Crippen LogP contribution in [0, 0.1) is 6.92 Å². The number of nitrogens with zero attached hydrogens (tertiary/aromatic N) is 1. The number of aromatic nitrogens is 1. The second-order valence-corrected chi connectivity index (χ2v) is 8.58. The number of furan rings is 1. The van der Waals surface area contributed by atoms with Gasteiger partial charge in [0.15, 0.2) is 5.09 Å². The molecule has 7 heteroatoms. The fourth-order valence-electron chi connectivity index (χ4n) is 2.30. The molecule has 3 aromatic rings. The molecule has 2 heterocycles. The molecule has 0 radical (unpaired) electrons. The van der Waals surface area contributed by atoms with Crippen molar-refractivity contribution >= 4 is 50.9 Å². The van der Waals surface area contributed by atoms with Crippen molar-refractivity contribution < 1.29 is 13.9 Å². The summed E-state index contributed by atoms with van der Waals surface area (Å²) in [5, 5.41) is 2.21. The van der Waals surface area contributed by atoms with Crippen molar-refractivity contribution in [2.75, 3.05) is 7.11 Å². The van der Waals surface area contributed by atoms with Gasteiger partial charge in [-0.25, -0.2) is 9.78 Å². The highest BCUT2D eigenvalue weighted by Gasteiger charge is 2.15. The minimum absolute atomic E-state index is 0.174. The van der Waals surface area contributed by atoms with Crippen molar-refractivity contribution in [3.05, 3.63) is 52.2 Å². The topological polar surface area (TPSA) is 52.3 Å². The van der Waals surface area contributed by atoms with E-state index in [1.165, 1.54) is 38.1 Å².